The molecule has 124 valence electrons. The maximum atomic E-state index is 11.2. The van der Waals surface area contributed by atoms with Crippen LogP contribution in [0.2, 0.25) is 0 Å². The van der Waals surface area contributed by atoms with E-state index in [1.807, 2.05) is 55.5 Å². The molecule has 0 aliphatic heterocycles. The Morgan fingerprint density at radius 1 is 1.00 bits per heavy atom. The van der Waals surface area contributed by atoms with Crippen molar-refractivity contribution in [2.75, 3.05) is 13.2 Å². The Morgan fingerprint density at radius 2 is 1.62 bits per heavy atom. The highest BCUT2D eigenvalue weighted by Gasteiger charge is 2.02. The summed E-state index contributed by atoms with van der Waals surface area (Å²) in [6.45, 7) is 2.82. The zero-order chi connectivity index (χ0) is 17.2. The summed E-state index contributed by atoms with van der Waals surface area (Å²) < 4.78 is 10.6. The van der Waals surface area contributed by atoms with Crippen LogP contribution in [0.25, 0.3) is 11.1 Å². The quantitative estimate of drug-likeness (QED) is 0.535. The summed E-state index contributed by atoms with van der Waals surface area (Å²) in [4.78, 5) is 11.2. The third-order valence-electron chi connectivity index (χ3n) is 3.55. The summed E-state index contributed by atoms with van der Waals surface area (Å²) >= 11 is 0. The van der Waals surface area contributed by atoms with Crippen molar-refractivity contribution in [3.63, 3.8) is 0 Å². The molecule has 2 aromatic rings. The van der Waals surface area contributed by atoms with Crippen LogP contribution in [0.15, 0.2) is 48.5 Å². The number of carbonyl (C=O) groups excluding carboxylic acids is 1. The molecule has 0 bridgehead atoms. The highest BCUT2D eigenvalue weighted by molar-refractivity contribution is 5.69. The first-order chi connectivity index (χ1) is 11.7. The van der Waals surface area contributed by atoms with Gasteiger partial charge in [0.15, 0.2) is 0 Å². The van der Waals surface area contributed by atoms with Gasteiger partial charge in [-0.05, 0) is 55.2 Å². The summed E-state index contributed by atoms with van der Waals surface area (Å²) in [5.74, 6) is 0.660. The predicted molar refractivity (Wildman–Crippen MR) is 92.6 cm³/mol. The fraction of sp³-hybridized carbons (Fsp3) is 0.300. The molecule has 2 rings (SSSR count). The smallest absolute Gasteiger partial charge is 0.305 e. The molecule has 0 aliphatic carbocycles. The van der Waals surface area contributed by atoms with E-state index in [9.17, 15) is 4.79 Å². The van der Waals surface area contributed by atoms with Gasteiger partial charge < -0.3 is 9.47 Å². The van der Waals surface area contributed by atoms with E-state index in [0.717, 1.165) is 29.7 Å². The van der Waals surface area contributed by atoms with Gasteiger partial charge in [0.25, 0.3) is 0 Å². The summed E-state index contributed by atoms with van der Waals surface area (Å²) in [6.07, 6.45) is 2.02. The number of nitrogens with zero attached hydrogens (tertiary/aromatic N) is 1. The average Bonchev–Trinajstić information content (AvgIpc) is 2.62. The van der Waals surface area contributed by atoms with Crippen LogP contribution in [-0.2, 0) is 9.53 Å². The molecule has 0 atom stereocenters. The van der Waals surface area contributed by atoms with Gasteiger partial charge in [0.1, 0.15) is 5.75 Å². The molecule has 0 radical (unpaired) electrons. The van der Waals surface area contributed by atoms with Crippen molar-refractivity contribution in [1.82, 2.24) is 0 Å². The molecule has 24 heavy (non-hydrogen) atoms. The van der Waals surface area contributed by atoms with Gasteiger partial charge in [-0.15, -0.1) is 0 Å². The minimum atomic E-state index is -0.149. The number of esters is 1. The van der Waals surface area contributed by atoms with Gasteiger partial charge in [0, 0.05) is 6.42 Å². The van der Waals surface area contributed by atoms with Crippen LogP contribution >= 0.6 is 0 Å². The molecule has 0 spiro atoms. The standard InChI is InChI=1S/C20H21NO3/c1-2-23-20(22)5-3-4-14-24-19-12-10-18(11-13-19)17-8-6-16(15-21)7-9-17/h6-13H,2-5,14H2,1H3. The van der Waals surface area contributed by atoms with Crippen LogP contribution in [0.5, 0.6) is 5.75 Å². The van der Waals surface area contributed by atoms with Crippen LogP contribution in [-0.4, -0.2) is 19.2 Å². The average molecular weight is 323 g/mol. The van der Waals surface area contributed by atoms with Crippen molar-refractivity contribution in [3.05, 3.63) is 54.1 Å². The fourth-order valence-corrected chi connectivity index (χ4v) is 2.28. The fourth-order valence-electron chi connectivity index (χ4n) is 2.28. The zero-order valence-electron chi connectivity index (χ0n) is 13.8. The number of carbonyl (C=O) groups is 1. The van der Waals surface area contributed by atoms with Gasteiger partial charge in [-0.1, -0.05) is 24.3 Å². The maximum Gasteiger partial charge on any atom is 0.305 e. The molecule has 0 N–H and O–H groups in total. The second-order valence-corrected chi connectivity index (χ2v) is 5.32. The first kappa shape index (κ1) is 17.6. The van der Waals surface area contributed by atoms with Crippen molar-refractivity contribution < 1.29 is 14.3 Å². The molecule has 0 fully saturated rings. The van der Waals surface area contributed by atoms with Crippen LogP contribution in [0.4, 0.5) is 0 Å². The third-order valence-corrected chi connectivity index (χ3v) is 3.55. The number of benzene rings is 2. The number of rotatable bonds is 8. The molecule has 0 amide bonds. The van der Waals surface area contributed by atoms with Gasteiger partial charge >= 0.3 is 5.97 Å². The molecule has 4 heteroatoms. The monoisotopic (exact) mass is 323 g/mol. The molecular formula is C20H21NO3. The number of hydrogen-bond donors (Lipinski definition) is 0. The summed E-state index contributed by atoms with van der Waals surface area (Å²) in [6, 6.07) is 17.4. The Hall–Kier alpha value is -2.80. The molecule has 0 heterocycles. The number of hydrogen-bond acceptors (Lipinski definition) is 4. The lowest BCUT2D eigenvalue weighted by Crippen LogP contribution is -2.05. The van der Waals surface area contributed by atoms with Crippen LogP contribution in [0.3, 0.4) is 0 Å². The summed E-state index contributed by atoms with van der Waals surface area (Å²) in [5, 5.41) is 8.82. The lowest BCUT2D eigenvalue weighted by Gasteiger charge is -2.07. The van der Waals surface area contributed by atoms with E-state index in [1.54, 1.807) is 0 Å². The Bertz CT molecular complexity index is 684. The van der Waals surface area contributed by atoms with Crippen LogP contribution < -0.4 is 4.74 Å². The van der Waals surface area contributed by atoms with Crippen molar-refractivity contribution >= 4 is 5.97 Å². The largest absolute Gasteiger partial charge is 0.494 e. The first-order valence-corrected chi connectivity index (χ1v) is 8.12. The van der Waals surface area contributed by atoms with Gasteiger partial charge in [-0.2, -0.15) is 5.26 Å². The SMILES string of the molecule is CCOC(=O)CCCCOc1ccc(-c2ccc(C#N)cc2)cc1. The normalized spacial score (nSPS) is 10.0. The van der Waals surface area contributed by atoms with E-state index in [2.05, 4.69) is 6.07 Å². The molecule has 4 nitrogen and oxygen atoms in total. The molecular weight excluding hydrogens is 302 g/mol. The number of ether oxygens (including phenoxy) is 2. The Kier molecular flexibility index (Phi) is 6.85. The van der Waals surface area contributed by atoms with Crippen LogP contribution in [0.1, 0.15) is 31.7 Å². The molecule has 0 saturated heterocycles. The lowest BCUT2D eigenvalue weighted by molar-refractivity contribution is -0.143. The van der Waals surface area contributed by atoms with E-state index in [4.69, 9.17) is 14.7 Å². The van der Waals surface area contributed by atoms with Crippen LogP contribution in [0, 0.1) is 11.3 Å². The lowest BCUT2D eigenvalue weighted by atomic mass is 10.0. The topological polar surface area (TPSA) is 59.3 Å². The first-order valence-electron chi connectivity index (χ1n) is 8.12. The number of nitriles is 1. The van der Waals surface area contributed by atoms with E-state index in [-0.39, 0.29) is 5.97 Å². The van der Waals surface area contributed by atoms with E-state index >= 15 is 0 Å². The van der Waals surface area contributed by atoms with Gasteiger partial charge in [-0.3, -0.25) is 4.79 Å². The molecule has 0 unspecified atom stereocenters. The zero-order valence-corrected chi connectivity index (χ0v) is 13.8. The number of unbranched alkanes of at least 4 members (excludes halogenated alkanes) is 1. The summed E-state index contributed by atoms with van der Waals surface area (Å²) in [7, 11) is 0. The van der Waals surface area contributed by atoms with Gasteiger partial charge in [-0.25, -0.2) is 0 Å². The van der Waals surface area contributed by atoms with Crippen molar-refractivity contribution in [2.24, 2.45) is 0 Å². The summed E-state index contributed by atoms with van der Waals surface area (Å²) in [5.41, 5.74) is 2.80. The van der Waals surface area contributed by atoms with Gasteiger partial charge in [0.05, 0.1) is 24.8 Å². The van der Waals surface area contributed by atoms with E-state index < -0.39 is 0 Å². The highest BCUT2D eigenvalue weighted by atomic mass is 16.5. The highest BCUT2D eigenvalue weighted by Crippen LogP contribution is 2.23. The molecule has 0 aromatic heterocycles. The second-order valence-electron chi connectivity index (χ2n) is 5.32. The van der Waals surface area contributed by atoms with Crippen molar-refractivity contribution in [1.29, 1.82) is 5.26 Å². The minimum absolute atomic E-state index is 0.149. The van der Waals surface area contributed by atoms with Crippen molar-refractivity contribution in [2.45, 2.75) is 26.2 Å². The Balaban J connectivity index is 1.77. The Morgan fingerprint density at radius 3 is 2.21 bits per heavy atom. The van der Waals surface area contributed by atoms with E-state index in [0.29, 0.717) is 25.2 Å². The second kappa shape index (κ2) is 9.36. The maximum absolute atomic E-state index is 11.2. The molecule has 2 aromatic carbocycles. The molecule has 0 saturated carbocycles. The minimum Gasteiger partial charge on any atom is -0.494 e. The van der Waals surface area contributed by atoms with Gasteiger partial charge in [0.2, 0.25) is 0 Å². The predicted octanol–water partition coefficient (Wildman–Crippen LogP) is 4.34. The Labute approximate surface area is 142 Å². The van der Waals surface area contributed by atoms with E-state index in [1.165, 1.54) is 0 Å². The van der Waals surface area contributed by atoms with Crippen molar-refractivity contribution in [3.8, 4) is 22.9 Å². The molecule has 0 aliphatic rings. The third kappa shape index (κ3) is 5.44.